The van der Waals surface area contributed by atoms with E-state index < -0.39 is 0 Å². The van der Waals surface area contributed by atoms with Crippen LogP contribution in [0.5, 0.6) is 0 Å². The van der Waals surface area contributed by atoms with Gasteiger partial charge in [0.1, 0.15) is 0 Å². The predicted molar refractivity (Wildman–Crippen MR) is 133 cm³/mol. The molecule has 0 saturated heterocycles. The average molecular weight is 452 g/mol. The zero-order valence-electron chi connectivity index (χ0n) is 18.0. The van der Waals surface area contributed by atoms with Crippen molar-refractivity contribution in [2.45, 2.75) is 6.54 Å². The molecule has 0 N–H and O–H groups in total. The molecule has 0 bridgehead atoms. The minimum absolute atomic E-state index is 0. The largest absolute Gasteiger partial charge is 1.00 e. The number of benzene rings is 4. The molecule has 0 radical (unpaired) electrons. The molecule has 0 aliphatic rings. The highest BCUT2D eigenvalue weighted by Crippen LogP contribution is 2.29. The van der Waals surface area contributed by atoms with Crippen molar-refractivity contribution in [1.29, 1.82) is 0 Å². The van der Waals surface area contributed by atoms with E-state index in [9.17, 15) is 0 Å². The maximum atomic E-state index is 6.15. The molecule has 0 unspecified atom stereocenters. The fourth-order valence-corrected chi connectivity index (χ4v) is 4.18. The Morgan fingerprint density at radius 3 is 1.36 bits per heavy atom. The van der Waals surface area contributed by atoms with Gasteiger partial charge < -0.3 is 4.70 Å². The summed E-state index contributed by atoms with van der Waals surface area (Å²) in [6.45, 7) is 0.751. The third-order valence-electron chi connectivity index (χ3n) is 5.67. The molecule has 0 aliphatic carbocycles. The summed E-state index contributed by atoms with van der Waals surface area (Å²) in [6.07, 6.45) is 0. The van der Waals surface area contributed by atoms with Crippen molar-refractivity contribution in [3.8, 4) is 33.6 Å². The first-order chi connectivity index (χ1) is 15.8. The number of rotatable bonds is 5. The van der Waals surface area contributed by atoms with Crippen molar-refractivity contribution in [1.82, 2.24) is 0 Å². The molecule has 0 spiro atoms. The van der Waals surface area contributed by atoms with Crippen LogP contribution in [0.1, 0.15) is 5.56 Å². The zero-order chi connectivity index (χ0) is 21.8. The topological polar surface area (TPSA) is 3.88 Å². The molecule has 0 amide bonds. The first-order valence-electron chi connectivity index (χ1n) is 10.8. The van der Waals surface area contributed by atoms with Gasteiger partial charge in [-0.15, -0.1) is 0 Å². The standard InChI is InChI=1S/C30H23ClN.FH/c31-28-18-16-23(17-19-28)22-32-29(25-12-6-2-7-13-25)20-27(24-10-4-1-5-11-24)21-30(32)26-14-8-3-9-15-26;/h1-21H,22H2;1H/q+1;/p-1. The Hall–Kier alpha value is -3.75. The maximum absolute atomic E-state index is 6.15. The molecule has 1 heterocycles. The molecule has 0 atom stereocenters. The second-order valence-electron chi connectivity index (χ2n) is 7.83. The Bertz CT molecular complexity index is 1260. The van der Waals surface area contributed by atoms with Crippen molar-refractivity contribution in [2.75, 3.05) is 0 Å². The van der Waals surface area contributed by atoms with Gasteiger partial charge in [0.15, 0.2) is 6.54 Å². The van der Waals surface area contributed by atoms with Gasteiger partial charge in [-0.05, 0) is 47.5 Å². The molecule has 5 rings (SSSR count). The summed E-state index contributed by atoms with van der Waals surface area (Å²) in [5.41, 5.74) is 8.37. The molecule has 1 nitrogen and oxygen atoms in total. The van der Waals surface area contributed by atoms with E-state index in [0.29, 0.717) is 0 Å². The minimum Gasteiger partial charge on any atom is -1.00 e. The predicted octanol–water partition coefficient (Wildman–Crippen LogP) is 4.68. The van der Waals surface area contributed by atoms with E-state index in [1.54, 1.807) is 0 Å². The summed E-state index contributed by atoms with van der Waals surface area (Å²) < 4.78 is 2.40. The molecule has 162 valence electrons. The fourth-order valence-electron chi connectivity index (χ4n) is 4.06. The summed E-state index contributed by atoms with van der Waals surface area (Å²) in [7, 11) is 0. The van der Waals surface area contributed by atoms with Crippen LogP contribution < -0.4 is 9.27 Å². The van der Waals surface area contributed by atoms with Crippen LogP contribution in [0.4, 0.5) is 0 Å². The van der Waals surface area contributed by atoms with Gasteiger partial charge in [-0.25, -0.2) is 0 Å². The van der Waals surface area contributed by atoms with Crippen molar-refractivity contribution >= 4 is 11.6 Å². The van der Waals surface area contributed by atoms with Crippen LogP contribution in [0.2, 0.25) is 5.02 Å². The highest BCUT2D eigenvalue weighted by molar-refractivity contribution is 6.30. The second-order valence-corrected chi connectivity index (χ2v) is 8.26. The molecule has 1 aromatic heterocycles. The highest BCUT2D eigenvalue weighted by Gasteiger charge is 2.23. The van der Waals surface area contributed by atoms with Crippen LogP contribution in [0.15, 0.2) is 127 Å². The summed E-state index contributed by atoms with van der Waals surface area (Å²) in [5.74, 6) is 0. The highest BCUT2D eigenvalue weighted by atomic mass is 35.5. The molecular formula is C30H23ClFN. The summed E-state index contributed by atoms with van der Waals surface area (Å²) in [5, 5.41) is 0.754. The summed E-state index contributed by atoms with van der Waals surface area (Å²) in [4.78, 5) is 0. The van der Waals surface area contributed by atoms with Crippen molar-refractivity contribution in [3.63, 3.8) is 0 Å². The summed E-state index contributed by atoms with van der Waals surface area (Å²) in [6, 6.07) is 44.5. The second kappa shape index (κ2) is 10.2. The van der Waals surface area contributed by atoms with Crippen LogP contribution in [-0.4, -0.2) is 0 Å². The van der Waals surface area contributed by atoms with E-state index in [-0.39, 0.29) is 4.70 Å². The van der Waals surface area contributed by atoms with Crippen molar-refractivity contribution in [3.05, 3.63) is 138 Å². The number of hydrogen-bond donors (Lipinski definition) is 0. The van der Waals surface area contributed by atoms with Gasteiger partial charge in [0.05, 0.1) is 0 Å². The molecule has 4 aromatic carbocycles. The Labute approximate surface area is 198 Å². The van der Waals surface area contributed by atoms with E-state index in [2.05, 4.69) is 120 Å². The Morgan fingerprint density at radius 1 is 0.485 bits per heavy atom. The first-order valence-corrected chi connectivity index (χ1v) is 11.1. The molecule has 5 aromatic rings. The SMILES string of the molecule is Clc1ccc(C[n+]2c(-c3ccccc3)cc(-c3ccccc3)cc2-c2ccccc2)cc1.[F-]. The molecule has 0 aliphatic heterocycles. The van der Waals surface area contributed by atoms with Gasteiger partial charge >= 0.3 is 0 Å². The third-order valence-corrected chi connectivity index (χ3v) is 5.92. The lowest BCUT2D eigenvalue weighted by Gasteiger charge is -2.13. The quantitative estimate of drug-likeness (QED) is 0.342. The fraction of sp³-hybridized carbons (Fsp3) is 0.0333. The number of aromatic nitrogens is 1. The van der Waals surface area contributed by atoms with Gasteiger partial charge in [0.25, 0.3) is 0 Å². The Morgan fingerprint density at radius 2 is 0.909 bits per heavy atom. The van der Waals surface area contributed by atoms with Crippen LogP contribution in [0, 0.1) is 0 Å². The molecular weight excluding hydrogens is 429 g/mol. The van der Waals surface area contributed by atoms with Gasteiger partial charge in [0, 0.05) is 33.8 Å². The van der Waals surface area contributed by atoms with E-state index >= 15 is 0 Å². The van der Waals surface area contributed by atoms with Gasteiger partial charge in [-0.3, -0.25) is 0 Å². The van der Waals surface area contributed by atoms with Crippen molar-refractivity contribution in [2.24, 2.45) is 0 Å². The van der Waals surface area contributed by atoms with E-state index in [1.807, 2.05) is 12.1 Å². The van der Waals surface area contributed by atoms with Crippen molar-refractivity contribution < 1.29 is 9.27 Å². The van der Waals surface area contributed by atoms with Crippen LogP contribution >= 0.6 is 11.6 Å². The Kier molecular flexibility index (Phi) is 6.97. The van der Waals surface area contributed by atoms with Crippen LogP contribution in [0.25, 0.3) is 33.6 Å². The van der Waals surface area contributed by atoms with Crippen LogP contribution in [-0.2, 0) is 6.54 Å². The number of halogens is 2. The van der Waals surface area contributed by atoms with E-state index in [0.717, 1.165) is 11.6 Å². The van der Waals surface area contributed by atoms with E-state index in [1.165, 1.54) is 39.2 Å². The zero-order valence-corrected chi connectivity index (χ0v) is 18.8. The smallest absolute Gasteiger partial charge is 0.213 e. The third kappa shape index (κ3) is 5.02. The molecule has 33 heavy (non-hydrogen) atoms. The van der Waals surface area contributed by atoms with Gasteiger partial charge in [-0.2, -0.15) is 4.57 Å². The first kappa shape index (κ1) is 22.4. The van der Waals surface area contributed by atoms with Gasteiger partial charge in [-0.1, -0.05) is 90.5 Å². The average Bonchev–Trinajstić information content (AvgIpc) is 2.87. The lowest BCUT2D eigenvalue weighted by molar-refractivity contribution is -0.666. The number of pyridine rings is 1. The monoisotopic (exact) mass is 451 g/mol. The number of nitrogens with zero attached hydrogens (tertiary/aromatic N) is 1. The lowest BCUT2D eigenvalue weighted by atomic mass is 9.98. The van der Waals surface area contributed by atoms with E-state index in [4.69, 9.17) is 11.6 Å². The summed E-state index contributed by atoms with van der Waals surface area (Å²) >= 11 is 6.15. The normalized spacial score (nSPS) is 10.5. The maximum Gasteiger partial charge on any atom is 0.213 e. The number of hydrogen-bond acceptors (Lipinski definition) is 0. The van der Waals surface area contributed by atoms with Crippen LogP contribution in [0.3, 0.4) is 0 Å². The lowest BCUT2D eigenvalue weighted by Crippen LogP contribution is -3.00. The molecule has 3 heteroatoms. The minimum atomic E-state index is 0. The van der Waals surface area contributed by atoms with Gasteiger partial charge in [0.2, 0.25) is 11.4 Å². The molecule has 0 saturated carbocycles. The Balaban J connectivity index is 0.00000259. The molecule has 0 fully saturated rings.